The molecule has 13 heteroatoms. The molecule has 0 spiro atoms. The van der Waals surface area contributed by atoms with Gasteiger partial charge in [0.2, 0.25) is 23.6 Å². The molecule has 4 heterocycles. The van der Waals surface area contributed by atoms with Crippen LogP contribution >= 0.6 is 0 Å². The van der Waals surface area contributed by atoms with Crippen molar-refractivity contribution in [2.24, 2.45) is 11.8 Å². The monoisotopic (exact) mass is 727 g/mol. The highest BCUT2D eigenvalue weighted by Crippen LogP contribution is 2.45. The van der Waals surface area contributed by atoms with Crippen molar-refractivity contribution in [1.82, 2.24) is 25.3 Å². The highest BCUT2D eigenvalue weighted by Gasteiger charge is 2.55. The summed E-state index contributed by atoms with van der Waals surface area (Å²) in [5.41, 5.74) is 4.69. The van der Waals surface area contributed by atoms with Gasteiger partial charge in [0.15, 0.2) is 0 Å². The highest BCUT2D eigenvalue weighted by atomic mass is 16.6. The standard InChI is InChI=1S/C40H49N5O8/c1-52-35(47)22-33-38(49)45-27-14-12-25(13-15-27)36(45)39(50)44(33)23-34(46)41-18-6-7-19-42-37(48)26-16-20-43(21-17-26)40(51)53-24-32-30-10-4-2-8-28(30)29-9-3-5-11-31(29)32/h2-5,8-11,25-27,32-33,36H,6-7,12-24H2,1H3,(H,41,46)(H,42,48)/t25?,27?,33-,36-/m0/s1. The average Bonchev–Trinajstić information content (AvgIpc) is 3.51. The first-order valence-corrected chi connectivity index (χ1v) is 19.1. The van der Waals surface area contributed by atoms with Gasteiger partial charge in [-0.05, 0) is 79.5 Å². The summed E-state index contributed by atoms with van der Waals surface area (Å²) < 4.78 is 10.6. The van der Waals surface area contributed by atoms with Gasteiger partial charge >= 0.3 is 12.1 Å². The molecule has 0 unspecified atom stereocenters. The van der Waals surface area contributed by atoms with Gasteiger partial charge in [-0.3, -0.25) is 24.0 Å². The molecule has 2 atom stereocenters. The van der Waals surface area contributed by atoms with Crippen LogP contribution in [-0.2, 0) is 33.4 Å². The predicted molar refractivity (Wildman–Crippen MR) is 193 cm³/mol. The summed E-state index contributed by atoms with van der Waals surface area (Å²) >= 11 is 0. The lowest BCUT2D eigenvalue weighted by Gasteiger charge is -2.56. The van der Waals surface area contributed by atoms with Crippen molar-refractivity contribution in [2.45, 2.75) is 81.8 Å². The van der Waals surface area contributed by atoms with Gasteiger partial charge in [0, 0.05) is 44.1 Å². The van der Waals surface area contributed by atoms with Gasteiger partial charge in [0.05, 0.1) is 13.5 Å². The first-order valence-electron chi connectivity index (χ1n) is 19.1. The molecule has 2 aliphatic carbocycles. The molecule has 0 aromatic heterocycles. The van der Waals surface area contributed by atoms with Crippen molar-refractivity contribution >= 4 is 35.7 Å². The third kappa shape index (κ3) is 7.48. The number of amides is 5. The third-order valence-corrected chi connectivity index (χ3v) is 11.9. The van der Waals surface area contributed by atoms with E-state index in [9.17, 15) is 28.8 Å². The minimum Gasteiger partial charge on any atom is -0.469 e. The summed E-state index contributed by atoms with van der Waals surface area (Å²) in [6, 6.07) is 14.8. The summed E-state index contributed by atoms with van der Waals surface area (Å²) in [5.74, 6) is -1.72. The van der Waals surface area contributed by atoms with Crippen LogP contribution in [0.3, 0.4) is 0 Å². The van der Waals surface area contributed by atoms with E-state index in [1.807, 2.05) is 24.3 Å². The van der Waals surface area contributed by atoms with Crippen LogP contribution in [0.25, 0.3) is 11.1 Å². The van der Waals surface area contributed by atoms with E-state index in [0.717, 1.165) is 25.7 Å². The van der Waals surface area contributed by atoms with Gasteiger partial charge in [0.25, 0.3) is 0 Å². The van der Waals surface area contributed by atoms with Crippen LogP contribution < -0.4 is 10.6 Å². The first kappa shape index (κ1) is 36.4. The number of carbonyl (C=O) groups excluding carboxylic acids is 6. The zero-order valence-electron chi connectivity index (χ0n) is 30.3. The Kier molecular flexibility index (Phi) is 11.0. The fraction of sp³-hybridized carbons (Fsp3) is 0.550. The summed E-state index contributed by atoms with van der Waals surface area (Å²) in [4.78, 5) is 82.9. The Hall–Kier alpha value is -4.94. The van der Waals surface area contributed by atoms with Crippen molar-refractivity contribution in [3.8, 4) is 11.1 Å². The molecule has 13 nitrogen and oxygen atoms in total. The number of methoxy groups -OCH3 is 1. The normalized spacial score (nSPS) is 23.6. The molecule has 53 heavy (non-hydrogen) atoms. The maximum atomic E-state index is 13.7. The van der Waals surface area contributed by atoms with Gasteiger partial charge in [-0.15, -0.1) is 0 Å². The molecule has 5 amide bonds. The molecular formula is C40H49N5O8. The number of fused-ring (bicyclic) bond motifs is 5. The Morgan fingerprint density at radius 2 is 1.42 bits per heavy atom. The number of piperazine rings is 1. The third-order valence-electron chi connectivity index (χ3n) is 11.9. The number of carbonyl (C=O) groups is 6. The number of benzene rings is 2. The maximum Gasteiger partial charge on any atom is 0.409 e. The minimum atomic E-state index is -1.06. The van der Waals surface area contributed by atoms with Gasteiger partial charge in [-0.2, -0.15) is 0 Å². The molecule has 8 rings (SSSR count). The zero-order chi connectivity index (χ0) is 37.1. The second-order valence-electron chi connectivity index (χ2n) is 14.9. The highest BCUT2D eigenvalue weighted by molar-refractivity contribution is 6.01. The molecule has 5 fully saturated rings. The number of hydrogen-bond donors (Lipinski definition) is 2. The Balaban J connectivity index is 0.800. The zero-order valence-corrected chi connectivity index (χ0v) is 30.3. The molecule has 282 valence electrons. The maximum absolute atomic E-state index is 13.7. The second kappa shape index (κ2) is 16.0. The van der Waals surface area contributed by atoms with Crippen LogP contribution in [-0.4, -0.2) is 115 Å². The Morgan fingerprint density at radius 1 is 0.792 bits per heavy atom. The van der Waals surface area contributed by atoms with E-state index in [2.05, 4.69) is 34.9 Å². The largest absolute Gasteiger partial charge is 0.469 e. The van der Waals surface area contributed by atoms with Crippen LogP contribution in [0.4, 0.5) is 4.79 Å². The topological polar surface area (TPSA) is 155 Å². The number of rotatable bonds is 12. The number of unbranched alkanes of at least 4 members (excludes halogenated alkanes) is 1. The van der Waals surface area contributed by atoms with Crippen LogP contribution in [0.15, 0.2) is 48.5 Å². The van der Waals surface area contributed by atoms with Gasteiger partial charge in [0.1, 0.15) is 25.2 Å². The van der Waals surface area contributed by atoms with Crippen LogP contribution in [0.5, 0.6) is 0 Å². The van der Waals surface area contributed by atoms with Crippen LogP contribution in [0.1, 0.15) is 74.8 Å². The van der Waals surface area contributed by atoms with E-state index in [1.165, 1.54) is 34.3 Å². The molecule has 2 N–H and O–H groups in total. The first-order chi connectivity index (χ1) is 25.7. The van der Waals surface area contributed by atoms with E-state index in [4.69, 9.17) is 9.47 Å². The van der Waals surface area contributed by atoms with Crippen molar-refractivity contribution in [2.75, 3.05) is 46.4 Å². The molecule has 1 saturated carbocycles. The number of nitrogens with one attached hydrogen (secondary N) is 2. The molecule has 0 radical (unpaired) electrons. The Bertz CT molecular complexity index is 1690. The van der Waals surface area contributed by atoms with E-state index < -0.39 is 24.0 Å². The van der Waals surface area contributed by atoms with E-state index in [0.29, 0.717) is 51.9 Å². The fourth-order valence-electron chi connectivity index (χ4n) is 9.10. The Labute approximate surface area is 309 Å². The summed E-state index contributed by atoms with van der Waals surface area (Å²) in [6.07, 6.45) is 5.18. The molecule has 6 aliphatic rings. The van der Waals surface area contributed by atoms with E-state index in [-0.39, 0.29) is 67.2 Å². The molecule has 2 aromatic rings. The van der Waals surface area contributed by atoms with Gasteiger partial charge < -0.3 is 34.8 Å². The smallest absolute Gasteiger partial charge is 0.409 e. The van der Waals surface area contributed by atoms with Crippen molar-refractivity contribution < 1.29 is 38.2 Å². The number of likely N-dealkylation sites (tertiary alicyclic amines) is 1. The van der Waals surface area contributed by atoms with E-state index >= 15 is 0 Å². The summed E-state index contributed by atoms with van der Waals surface area (Å²) in [5, 5.41) is 5.81. The molecule has 2 aromatic carbocycles. The minimum absolute atomic E-state index is 0.0000987. The quantitative estimate of drug-likeness (QED) is 0.250. The molecular weight excluding hydrogens is 678 g/mol. The van der Waals surface area contributed by atoms with Gasteiger partial charge in [-0.25, -0.2) is 4.79 Å². The number of esters is 1. The summed E-state index contributed by atoms with van der Waals surface area (Å²) in [7, 11) is 1.24. The van der Waals surface area contributed by atoms with Crippen LogP contribution in [0, 0.1) is 11.8 Å². The van der Waals surface area contributed by atoms with Crippen molar-refractivity contribution in [1.29, 1.82) is 0 Å². The number of hydrogen-bond acceptors (Lipinski definition) is 8. The summed E-state index contributed by atoms with van der Waals surface area (Å²) in [6.45, 7) is 1.64. The van der Waals surface area contributed by atoms with E-state index in [1.54, 1.807) is 9.80 Å². The number of ether oxygens (including phenoxy) is 2. The second-order valence-corrected chi connectivity index (χ2v) is 14.9. The van der Waals surface area contributed by atoms with Gasteiger partial charge in [-0.1, -0.05) is 48.5 Å². The molecule has 4 aliphatic heterocycles. The van der Waals surface area contributed by atoms with Crippen molar-refractivity contribution in [3.05, 3.63) is 59.7 Å². The SMILES string of the molecule is COC(=O)C[C@H]1C(=O)N2C3CCC(CC3)[C@H]2C(=O)N1CC(=O)NCCCCNC(=O)C1CCN(C(=O)OCC2c3ccccc3-c3ccccc32)CC1. The lowest BCUT2D eigenvalue weighted by Crippen LogP contribution is -2.72. The average molecular weight is 728 g/mol. The lowest BCUT2D eigenvalue weighted by molar-refractivity contribution is -0.178. The fourth-order valence-corrected chi connectivity index (χ4v) is 9.10. The molecule has 4 saturated heterocycles. The van der Waals surface area contributed by atoms with Crippen LogP contribution in [0.2, 0.25) is 0 Å². The molecule has 2 bridgehead atoms. The Morgan fingerprint density at radius 3 is 2.06 bits per heavy atom. The number of nitrogens with zero attached hydrogens (tertiary/aromatic N) is 3. The number of piperidine rings is 3. The van der Waals surface area contributed by atoms with Crippen molar-refractivity contribution in [3.63, 3.8) is 0 Å². The predicted octanol–water partition coefficient (Wildman–Crippen LogP) is 3.20. The lowest BCUT2D eigenvalue weighted by atomic mass is 9.72.